The highest BCUT2D eigenvalue weighted by Crippen LogP contribution is 2.34. The van der Waals surface area contributed by atoms with Crippen molar-refractivity contribution in [2.45, 2.75) is 6.18 Å². The van der Waals surface area contributed by atoms with E-state index in [-0.39, 0.29) is 5.69 Å². The van der Waals surface area contributed by atoms with Gasteiger partial charge in [0.25, 0.3) is 11.6 Å². The smallest absolute Gasteiger partial charge is 0.292 e. The molecule has 0 unspecified atom stereocenters. The summed E-state index contributed by atoms with van der Waals surface area (Å²) >= 11 is 1.22. The van der Waals surface area contributed by atoms with Crippen LogP contribution in [0.25, 0.3) is 10.1 Å². The quantitative estimate of drug-likeness (QED) is 0.512. The summed E-state index contributed by atoms with van der Waals surface area (Å²) in [5.41, 5.74) is 2.38. The van der Waals surface area contributed by atoms with E-state index >= 15 is 0 Å². The Morgan fingerprint density at radius 3 is 2.50 bits per heavy atom. The maximum atomic E-state index is 12.7. The van der Waals surface area contributed by atoms with Crippen LogP contribution in [0.5, 0.6) is 0 Å². The molecule has 0 saturated carbocycles. The van der Waals surface area contributed by atoms with E-state index in [0.717, 1.165) is 16.2 Å². The van der Waals surface area contributed by atoms with Crippen molar-refractivity contribution in [3.63, 3.8) is 0 Å². The number of nitrogens with one attached hydrogen (secondary N) is 2. The van der Waals surface area contributed by atoms with Crippen molar-refractivity contribution in [2.24, 2.45) is 0 Å². The lowest BCUT2D eigenvalue weighted by molar-refractivity contribution is -0.384. The number of amides is 1. The van der Waals surface area contributed by atoms with Gasteiger partial charge in [0, 0.05) is 10.8 Å². The first kappa shape index (κ1) is 17.7. The number of benzene rings is 2. The second-order valence-corrected chi connectivity index (χ2v) is 6.30. The minimum Gasteiger partial charge on any atom is -0.292 e. The van der Waals surface area contributed by atoms with Crippen LogP contribution < -0.4 is 10.9 Å². The number of thiophene rings is 1. The molecule has 3 rings (SSSR count). The second kappa shape index (κ2) is 6.64. The van der Waals surface area contributed by atoms with E-state index in [9.17, 15) is 28.1 Å². The molecule has 0 radical (unpaired) electrons. The molecule has 26 heavy (non-hydrogen) atoms. The van der Waals surface area contributed by atoms with Crippen molar-refractivity contribution in [1.29, 1.82) is 0 Å². The fourth-order valence-corrected chi connectivity index (χ4v) is 3.20. The Hall–Kier alpha value is -3.14. The summed E-state index contributed by atoms with van der Waals surface area (Å²) in [7, 11) is 0. The molecule has 134 valence electrons. The minimum absolute atomic E-state index is 0.252. The second-order valence-electron chi connectivity index (χ2n) is 5.21. The lowest BCUT2D eigenvalue weighted by Crippen LogP contribution is -2.29. The van der Waals surface area contributed by atoms with Crippen molar-refractivity contribution in [3.8, 4) is 0 Å². The van der Waals surface area contributed by atoms with Gasteiger partial charge in [-0.25, -0.2) is 0 Å². The number of nitro groups is 1. The molecule has 0 aliphatic heterocycles. The SMILES string of the molecule is O=C(NNc1ccc(C(F)(F)F)cc1[N+](=O)[O-])c1cc2ccccc2s1. The highest BCUT2D eigenvalue weighted by atomic mass is 32.1. The van der Waals surface area contributed by atoms with Gasteiger partial charge >= 0.3 is 6.18 Å². The number of nitro benzene ring substituents is 1. The van der Waals surface area contributed by atoms with E-state index in [1.807, 2.05) is 24.3 Å². The zero-order chi connectivity index (χ0) is 18.9. The van der Waals surface area contributed by atoms with Gasteiger partial charge in [0.15, 0.2) is 0 Å². The summed E-state index contributed by atoms with van der Waals surface area (Å²) in [4.78, 5) is 22.6. The summed E-state index contributed by atoms with van der Waals surface area (Å²) in [6, 6.07) is 11.0. The molecule has 2 N–H and O–H groups in total. The van der Waals surface area contributed by atoms with Gasteiger partial charge in [-0.1, -0.05) is 18.2 Å². The number of carbonyl (C=O) groups excluding carboxylic acids is 1. The van der Waals surface area contributed by atoms with Crippen LogP contribution in [-0.2, 0) is 6.18 Å². The van der Waals surface area contributed by atoms with Gasteiger partial charge in [-0.2, -0.15) is 13.2 Å². The average Bonchev–Trinajstić information content (AvgIpc) is 3.02. The number of halogens is 3. The number of alkyl halides is 3. The molecule has 6 nitrogen and oxygen atoms in total. The number of anilines is 1. The summed E-state index contributed by atoms with van der Waals surface area (Å²) in [5, 5.41) is 11.9. The Morgan fingerprint density at radius 2 is 1.85 bits per heavy atom. The summed E-state index contributed by atoms with van der Waals surface area (Å²) in [6.45, 7) is 0. The van der Waals surface area contributed by atoms with E-state index in [0.29, 0.717) is 17.0 Å². The molecule has 1 heterocycles. The highest BCUT2D eigenvalue weighted by Gasteiger charge is 2.33. The number of nitrogens with zero attached hydrogens (tertiary/aromatic N) is 1. The summed E-state index contributed by atoms with van der Waals surface area (Å²) < 4.78 is 39.0. The molecular weight excluding hydrogens is 371 g/mol. The maximum absolute atomic E-state index is 12.7. The first-order valence-electron chi connectivity index (χ1n) is 7.16. The number of rotatable bonds is 4. The van der Waals surface area contributed by atoms with E-state index < -0.39 is 28.3 Å². The van der Waals surface area contributed by atoms with Crippen molar-refractivity contribution in [3.05, 3.63) is 69.1 Å². The topological polar surface area (TPSA) is 84.3 Å². The fourth-order valence-electron chi connectivity index (χ4n) is 2.24. The van der Waals surface area contributed by atoms with Crippen LogP contribution >= 0.6 is 11.3 Å². The van der Waals surface area contributed by atoms with E-state index in [1.165, 1.54) is 11.3 Å². The standard InChI is InChI=1S/C16H10F3N3O3S/c17-16(18,19)10-5-6-11(12(8-10)22(24)25)20-21-15(23)14-7-9-3-1-2-4-13(9)26-14/h1-8,20H,(H,21,23). The van der Waals surface area contributed by atoms with Crippen LogP contribution in [-0.4, -0.2) is 10.8 Å². The van der Waals surface area contributed by atoms with Crippen LogP contribution in [0.15, 0.2) is 48.5 Å². The molecule has 0 atom stereocenters. The molecule has 1 amide bonds. The fraction of sp³-hybridized carbons (Fsp3) is 0.0625. The first-order valence-corrected chi connectivity index (χ1v) is 7.98. The first-order chi connectivity index (χ1) is 12.3. The zero-order valence-corrected chi connectivity index (χ0v) is 13.6. The molecule has 0 aliphatic carbocycles. The number of carbonyl (C=O) groups is 1. The van der Waals surface area contributed by atoms with Crippen LogP contribution in [0.1, 0.15) is 15.2 Å². The average molecular weight is 381 g/mol. The molecular formula is C16H10F3N3O3S. The minimum atomic E-state index is -4.70. The van der Waals surface area contributed by atoms with Crippen molar-refractivity contribution >= 4 is 38.7 Å². The molecule has 10 heteroatoms. The third kappa shape index (κ3) is 3.59. The third-order valence-electron chi connectivity index (χ3n) is 3.48. The largest absolute Gasteiger partial charge is 0.416 e. The summed E-state index contributed by atoms with van der Waals surface area (Å²) in [5.74, 6) is -0.555. The molecule has 0 spiro atoms. The van der Waals surface area contributed by atoms with Gasteiger partial charge in [-0.3, -0.25) is 25.8 Å². The van der Waals surface area contributed by atoms with Crippen molar-refractivity contribution < 1.29 is 22.9 Å². The number of hydrogen-bond donors (Lipinski definition) is 2. The number of hydrazine groups is 1. The zero-order valence-electron chi connectivity index (χ0n) is 12.8. The van der Waals surface area contributed by atoms with Crippen LogP contribution in [0.3, 0.4) is 0 Å². The molecule has 2 aromatic carbocycles. The van der Waals surface area contributed by atoms with Gasteiger partial charge in [-0.05, 0) is 29.7 Å². The van der Waals surface area contributed by atoms with Gasteiger partial charge in [0.05, 0.1) is 15.4 Å². The van der Waals surface area contributed by atoms with Crippen LogP contribution in [0.4, 0.5) is 24.5 Å². The number of hydrogen-bond acceptors (Lipinski definition) is 5. The molecule has 3 aromatic rings. The predicted molar refractivity (Wildman–Crippen MR) is 91.0 cm³/mol. The Kier molecular flexibility index (Phi) is 4.51. The Morgan fingerprint density at radius 1 is 1.12 bits per heavy atom. The van der Waals surface area contributed by atoms with E-state index in [1.54, 1.807) is 6.07 Å². The number of fused-ring (bicyclic) bond motifs is 1. The Balaban J connectivity index is 1.80. The van der Waals surface area contributed by atoms with Crippen LogP contribution in [0.2, 0.25) is 0 Å². The van der Waals surface area contributed by atoms with Crippen molar-refractivity contribution in [2.75, 3.05) is 5.43 Å². The third-order valence-corrected chi connectivity index (χ3v) is 4.60. The van der Waals surface area contributed by atoms with E-state index in [4.69, 9.17) is 0 Å². The lowest BCUT2D eigenvalue weighted by Gasteiger charge is -2.11. The van der Waals surface area contributed by atoms with Gasteiger partial charge in [-0.15, -0.1) is 11.3 Å². The molecule has 0 aliphatic rings. The lowest BCUT2D eigenvalue weighted by atomic mass is 10.1. The highest BCUT2D eigenvalue weighted by molar-refractivity contribution is 7.20. The normalized spacial score (nSPS) is 11.3. The Bertz CT molecular complexity index is 968. The van der Waals surface area contributed by atoms with Crippen LogP contribution in [0, 0.1) is 10.1 Å². The monoisotopic (exact) mass is 381 g/mol. The molecule has 0 fully saturated rings. The maximum Gasteiger partial charge on any atom is 0.416 e. The predicted octanol–water partition coefficient (Wildman–Crippen LogP) is 4.59. The van der Waals surface area contributed by atoms with Crippen molar-refractivity contribution in [1.82, 2.24) is 5.43 Å². The molecule has 0 bridgehead atoms. The Labute approximate surface area is 148 Å². The molecule has 0 saturated heterocycles. The van der Waals surface area contributed by atoms with E-state index in [2.05, 4.69) is 10.9 Å². The summed E-state index contributed by atoms with van der Waals surface area (Å²) in [6.07, 6.45) is -4.70. The van der Waals surface area contributed by atoms with Gasteiger partial charge in [0.1, 0.15) is 5.69 Å². The van der Waals surface area contributed by atoms with Gasteiger partial charge in [0.2, 0.25) is 0 Å². The molecule has 1 aromatic heterocycles. The van der Waals surface area contributed by atoms with Gasteiger partial charge < -0.3 is 0 Å².